The van der Waals surface area contributed by atoms with Gasteiger partial charge >= 0.3 is 0 Å². The molecular formula is C19H34N4O2. The molecule has 0 aromatic carbocycles. The summed E-state index contributed by atoms with van der Waals surface area (Å²) >= 11 is 0. The molecule has 0 spiro atoms. The highest BCUT2D eigenvalue weighted by Crippen LogP contribution is 2.18. The molecule has 0 aromatic rings. The third-order valence-corrected chi connectivity index (χ3v) is 5.91. The summed E-state index contributed by atoms with van der Waals surface area (Å²) in [4.78, 5) is 29.0. The summed E-state index contributed by atoms with van der Waals surface area (Å²) in [5, 5.41) is 6.36. The topological polar surface area (TPSA) is 64.7 Å². The fourth-order valence-corrected chi connectivity index (χ4v) is 4.45. The van der Waals surface area contributed by atoms with Crippen molar-refractivity contribution in [2.24, 2.45) is 11.8 Å². The number of piperidine rings is 2. The summed E-state index contributed by atoms with van der Waals surface area (Å²) in [6.45, 7) is 8.23. The van der Waals surface area contributed by atoms with E-state index in [9.17, 15) is 9.59 Å². The van der Waals surface area contributed by atoms with Crippen LogP contribution in [0.15, 0.2) is 0 Å². The molecule has 0 radical (unpaired) electrons. The summed E-state index contributed by atoms with van der Waals surface area (Å²) in [6.07, 6.45) is 6.68. The molecule has 142 valence electrons. The lowest BCUT2D eigenvalue weighted by atomic mass is 9.97. The summed E-state index contributed by atoms with van der Waals surface area (Å²) < 4.78 is 0. The Morgan fingerprint density at radius 3 is 2.68 bits per heavy atom. The van der Waals surface area contributed by atoms with Gasteiger partial charge in [-0.15, -0.1) is 0 Å². The Bertz CT molecular complexity index is 464. The molecule has 3 unspecified atom stereocenters. The molecule has 6 heteroatoms. The average Bonchev–Trinajstić information content (AvgIpc) is 3.15. The Labute approximate surface area is 151 Å². The first kappa shape index (κ1) is 18.6. The highest BCUT2D eigenvalue weighted by atomic mass is 16.2. The van der Waals surface area contributed by atoms with Gasteiger partial charge in [-0.1, -0.05) is 6.92 Å². The van der Waals surface area contributed by atoms with E-state index >= 15 is 0 Å². The molecule has 6 nitrogen and oxygen atoms in total. The summed E-state index contributed by atoms with van der Waals surface area (Å²) in [7, 11) is 0. The highest BCUT2D eigenvalue weighted by Gasteiger charge is 2.27. The fraction of sp³-hybridized carbons (Fsp3) is 0.895. The molecule has 3 aliphatic rings. The van der Waals surface area contributed by atoms with Crippen molar-refractivity contribution in [1.82, 2.24) is 20.4 Å². The predicted octanol–water partition coefficient (Wildman–Crippen LogP) is 0.825. The van der Waals surface area contributed by atoms with Crippen LogP contribution in [0.4, 0.5) is 0 Å². The van der Waals surface area contributed by atoms with Crippen LogP contribution in [0.5, 0.6) is 0 Å². The van der Waals surface area contributed by atoms with Crippen molar-refractivity contribution < 1.29 is 9.59 Å². The number of carbonyl (C=O) groups excluding carboxylic acids is 2. The number of nitrogens with one attached hydrogen (secondary N) is 2. The van der Waals surface area contributed by atoms with E-state index < -0.39 is 0 Å². The van der Waals surface area contributed by atoms with Gasteiger partial charge in [-0.2, -0.15) is 0 Å². The van der Waals surface area contributed by atoms with Crippen LogP contribution in [0, 0.1) is 11.8 Å². The quantitative estimate of drug-likeness (QED) is 0.771. The molecule has 0 aliphatic carbocycles. The molecule has 3 saturated heterocycles. The highest BCUT2D eigenvalue weighted by molar-refractivity contribution is 5.82. The molecule has 0 aromatic heterocycles. The van der Waals surface area contributed by atoms with Crippen LogP contribution in [0.3, 0.4) is 0 Å². The number of hydrogen-bond donors (Lipinski definition) is 2. The number of carbonyl (C=O) groups is 2. The second-order valence-electron chi connectivity index (χ2n) is 8.22. The lowest BCUT2D eigenvalue weighted by Gasteiger charge is -2.36. The minimum atomic E-state index is 0.00219. The van der Waals surface area contributed by atoms with Gasteiger partial charge < -0.3 is 15.5 Å². The van der Waals surface area contributed by atoms with Gasteiger partial charge in [0.1, 0.15) is 0 Å². The number of amides is 2. The zero-order chi connectivity index (χ0) is 17.6. The first-order valence-corrected chi connectivity index (χ1v) is 10.1. The lowest BCUT2D eigenvalue weighted by molar-refractivity contribution is -0.134. The smallest absolute Gasteiger partial charge is 0.237 e. The van der Waals surface area contributed by atoms with E-state index in [0.29, 0.717) is 18.4 Å². The standard InChI is InChI=1S/C19H34N4O2/c1-15-5-3-10-23(12-15)18(24)14-22-9-4-6-16(13-22)11-21-19(25)17-7-2-8-20-17/h15-17,20H,2-14H2,1H3,(H,21,25). The molecule has 25 heavy (non-hydrogen) atoms. The predicted molar refractivity (Wildman–Crippen MR) is 98.2 cm³/mol. The Balaban J connectivity index is 1.39. The largest absolute Gasteiger partial charge is 0.354 e. The molecule has 3 atom stereocenters. The molecular weight excluding hydrogens is 316 g/mol. The average molecular weight is 351 g/mol. The zero-order valence-electron chi connectivity index (χ0n) is 15.6. The lowest BCUT2D eigenvalue weighted by Crippen LogP contribution is -2.49. The summed E-state index contributed by atoms with van der Waals surface area (Å²) in [5.41, 5.74) is 0. The molecule has 0 saturated carbocycles. The Hall–Kier alpha value is -1.14. The van der Waals surface area contributed by atoms with E-state index in [1.165, 1.54) is 6.42 Å². The maximum absolute atomic E-state index is 12.6. The first-order valence-electron chi connectivity index (χ1n) is 10.1. The maximum Gasteiger partial charge on any atom is 0.237 e. The Kier molecular flexibility index (Phi) is 6.70. The number of nitrogens with zero attached hydrogens (tertiary/aromatic N) is 2. The van der Waals surface area contributed by atoms with Crippen LogP contribution in [0.2, 0.25) is 0 Å². The van der Waals surface area contributed by atoms with Crippen molar-refractivity contribution >= 4 is 11.8 Å². The zero-order valence-corrected chi connectivity index (χ0v) is 15.6. The van der Waals surface area contributed by atoms with Crippen molar-refractivity contribution in [3.05, 3.63) is 0 Å². The third-order valence-electron chi connectivity index (χ3n) is 5.91. The number of likely N-dealkylation sites (tertiary alicyclic amines) is 2. The normalized spacial score (nSPS) is 31.1. The minimum absolute atomic E-state index is 0.00219. The van der Waals surface area contributed by atoms with E-state index in [0.717, 1.165) is 71.4 Å². The van der Waals surface area contributed by atoms with Crippen LogP contribution in [0.1, 0.15) is 45.4 Å². The summed E-state index contributed by atoms with van der Waals surface area (Å²) in [6, 6.07) is 0.00219. The molecule has 2 N–H and O–H groups in total. The minimum Gasteiger partial charge on any atom is -0.354 e. The van der Waals surface area contributed by atoms with E-state index in [1.807, 2.05) is 4.90 Å². The van der Waals surface area contributed by atoms with Gasteiger partial charge in [-0.25, -0.2) is 0 Å². The molecule has 3 fully saturated rings. The van der Waals surface area contributed by atoms with Gasteiger partial charge in [0.15, 0.2) is 0 Å². The molecule has 3 heterocycles. The first-order chi connectivity index (χ1) is 12.1. The fourth-order valence-electron chi connectivity index (χ4n) is 4.45. The van der Waals surface area contributed by atoms with Gasteiger partial charge in [0.2, 0.25) is 11.8 Å². The number of hydrogen-bond acceptors (Lipinski definition) is 4. The van der Waals surface area contributed by atoms with Crippen LogP contribution in [-0.2, 0) is 9.59 Å². The third kappa shape index (κ3) is 5.42. The second-order valence-corrected chi connectivity index (χ2v) is 8.22. The van der Waals surface area contributed by atoms with E-state index in [1.54, 1.807) is 0 Å². The van der Waals surface area contributed by atoms with Crippen LogP contribution < -0.4 is 10.6 Å². The van der Waals surface area contributed by atoms with Gasteiger partial charge in [0, 0.05) is 26.2 Å². The van der Waals surface area contributed by atoms with Crippen molar-refractivity contribution in [2.45, 2.75) is 51.5 Å². The molecule has 2 amide bonds. The van der Waals surface area contributed by atoms with E-state index in [2.05, 4.69) is 22.5 Å². The van der Waals surface area contributed by atoms with Crippen LogP contribution in [0.25, 0.3) is 0 Å². The van der Waals surface area contributed by atoms with Crippen molar-refractivity contribution in [3.8, 4) is 0 Å². The monoisotopic (exact) mass is 350 g/mol. The van der Waals surface area contributed by atoms with Gasteiger partial charge in [0.25, 0.3) is 0 Å². The van der Waals surface area contributed by atoms with E-state index in [4.69, 9.17) is 0 Å². The van der Waals surface area contributed by atoms with E-state index in [-0.39, 0.29) is 17.9 Å². The Morgan fingerprint density at radius 1 is 1.08 bits per heavy atom. The molecule has 3 rings (SSSR count). The van der Waals surface area contributed by atoms with Crippen molar-refractivity contribution in [2.75, 3.05) is 45.8 Å². The number of rotatable bonds is 5. The SMILES string of the molecule is CC1CCCN(C(=O)CN2CCCC(CNC(=O)C3CCCN3)C2)C1. The van der Waals surface area contributed by atoms with Gasteiger partial charge in [-0.3, -0.25) is 14.5 Å². The summed E-state index contributed by atoms with van der Waals surface area (Å²) in [5.74, 6) is 1.53. The van der Waals surface area contributed by atoms with Crippen molar-refractivity contribution in [3.63, 3.8) is 0 Å². The van der Waals surface area contributed by atoms with Gasteiger partial charge in [0.05, 0.1) is 12.6 Å². The maximum atomic E-state index is 12.6. The van der Waals surface area contributed by atoms with Crippen LogP contribution in [-0.4, -0.2) is 73.5 Å². The second kappa shape index (κ2) is 8.99. The van der Waals surface area contributed by atoms with Crippen LogP contribution >= 0.6 is 0 Å². The van der Waals surface area contributed by atoms with Gasteiger partial charge in [-0.05, 0) is 63.5 Å². The van der Waals surface area contributed by atoms with Crippen molar-refractivity contribution in [1.29, 1.82) is 0 Å². The Morgan fingerprint density at radius 2 is 1.92 bits per heavy atom. The molecule has 3 aliphatic heterocycles. The molecule has 0 bridgehead atoms.